The van der Waals surface area contributed by atoms with Gasteiger partial charge in [0, 0.05) is 5.69 Å². The second-order valence-electron chi connectivity index (χ2n) is 5.91. The molecule has 0 aliphatic heterocycles. The number of halogens is 1. The molecule has 1 N–H and O–H groups in total. The molecule has 8 heteroatoms. The zero-order valence-electron chi connectivity index (χ0n) is 15.5. The summed E-state index contributed by atoms with van der Waals surface area (Å²) >= 11 is 6.06. The van der Waals surface area contributed by atoms with Crippen LogP contribution in [-0.4, -0.2) is 21.0 Å². The Bertz CT molecular complexity index is 1110. The minimum atomic E-state index is -3.85. The monoisotopic (exact) mass is 431 g/mol. The summed E-state index contributed by atoms with van der Waals surface area (Å²) in [5.74, 6) is 0.398. The highest BCUT2D eigenvalue weighted by Gasteiger charge is 2.16. The van der Waals surface area contributed by atoms with Gasteiger partial charge in [-0.3, -0.25) is 4.72 Å². The molecule has 6 nitrogen and oxygen atoms in total. The molecule has 0 atom stereocenters. The summed E-state index contributed by atoms with van der Waals surface area (Å²) in [5, 5.41) is 0.451. The Morgan fingerprint density at radius 3 is 2.41 bits per heavy atom. The molecule has 0 aliphatic rings. The van der Waals surface area contributed by atoms with E-state index in [0.717, 1.165) is 0 Å². The normalized spacial score (nSPS) is 11.0. The van der Waals surface area contributed by atoms with Crippen molar-refractivity contribution in [2.75, 3.05) is 11.3 Å². The van der Waals surface area contributed by atoms with E-state index in [4.69, 9.17) is 21.1 Å². The van der Waals surface area contributed by atoms with Crippen LogP contribution in [0.3, 0.4) is 0 Å². The molecule has 0 aromatic heterocycles. The van der Waals surface area contributed by atoms with Crippen LogP contribution < -0.4 is 9.46 Å². The van der Waals surface area contributed by atoms with Gasteiger partial charge in [0.2, 0.25) is 0 Å². The van der Waals surface area contributed by atoms with Crippen LogP contribution in [0.4, 0.5) is 5.69 Å². The van der Waals surface area contributed by atoms with Gasteiger partial charge in [-0.1, -0.05) is 29.8 Å². The van der Waals surface area contributed by atoms with Gasteiger partial charge in [0.05, 0.1) is 22.1 Å². The number of nitrogens with one attached hydrogen (secondary N) is 1. The van der Waals surface area contributed by atoms with Gasteiger partial charge in [-0.25, -0.2) is 13.2 Å². The van der Waals surface area contributed by atoms with E-state index in [9.17, 15) is 13.2 Å². The molecular weight excluding hydrogens is 414 g/mol. The Kier molecular flexibility index (Phi) is 6.41. The third-order valence-electron chi connectivity index (χ3n) is 3.82. The van der Waals surface area contributed by atoms with Gasteiger partial charge >= 0.3 is 5.97 Å². The number of carbonyl (C=O) groups excluding carboxylic acids is 1. The Morgan fingerprint density at radius 1 is 1.00 bits per heavy atom. The SMILES string of the molecule is CCOC(=O)c1cccc(NS(=O)(=O)c2ccc(Oc3ccccc3Cl)cc2)c1. The number of sulfonamides is 1. The Labute approximate surface area is 174 Å². The van der Waals surface area contributed by atoms with Crippen molar-refractivity contribution in [3.05, 3.63) is 83.4 Å². The van der Waals surface area contributed by atoms with Crippen molar-refractivity contribution < 1.29 is 22.7 Å². The number of rotatable bonds is 7. The van der Waals surface area contributed by atoms with E-state index in [-0.39, 0.29) is 22.8 Å². The van der Waals surface area contributed by atoms with Crippen molar-refractivity contribution in [2.45, 2.75) is 11.8 Å². The van der Waals surface area contributed by atoms with Gasteiger partial charge in [-0.15, -0.1) is 0 Å². The molecule has 0 bridgehead atoms. The highest BCUT2D eigenvalue weighted by Crippen LogP contribution is 2.29. The zero-order valence-corrected chi connectivity index (χ0v) is 17.0. The van der Waals surface area contributed by atoms with E-state index >= 15 is 0 Å². The van der Waals surface area contributed by atoms with Crippen LogP contribution >= 0.6 is 11.6 Å². The summed E-state index contributed by atoms with van der Waals surface area (Å²) in [6.07, 6.45) is 0. The fraction of sp³-hybridized carbons (Fsp3) is 0.0952. The summed E-state index contributed by atoms with van der Waals surface area (Å²) in [7, 11) is -3.85. The number of carbonyl (C=O) groups is 1. The van der Waals surface area contributed by atoms with Gasteiger partial charge < -0.3 is 9.47 Å². The first-order chi connectivity index (χ1) is 13.9. The van der Waals surface area contributed by atoms with Crippen LogP contribution in [0, 0.1) is 0 Å². The summed E-state index contributed by atoms with van der Waals surface area (Å²) in [5.41, 5.74) is 0.516. The molecule has 29 heavy (non-hydrogen) atoms. The lowest BCUT2D eigenvalue weighted by Gasteiger charge is -2.11. The predicted octanol–water partition coefficient (Wildman–Crippen LogP) is 5.11. The molecule has 0 spiro atoms. The molecule has 3 aromatic carbocycles. The summed E-state index contributed by atoms with van der Waals surface area (Å²) in [4.78, 5) is 11.9. The second kappa shape index (κ2) is 8.98. The third kappa shape index (κ3) is 5.28. The minimum absolute atomic E-state index is 0.0468. The standard InChI is InChI=1S/C21H18ClNO5S/c1-2-27-21(24)15-6-5-7-16(14-15)23-29(25,26)18-12-10-17(11-13-18)28-20-9-4-3-8-19(20)22/h3-14,23H,2H2,1H3. The first-order valence-corrected chi connectivity index (χ1v) is 10.6. The molecular formula is C21H18ClNO5S. The van der Waals surface area contributed by atoms with E-state index in [1.165, 1.54) is 30.3 Å². The average Bonchev–Trinajstić information content (AvgIpc) is 2.70. The fourth-order valence-corrected chi connectivity index (χ4v) is 3.70. The smallest absolute Gasteiger partial charge is 0.338 e. The van der Waals surface area contributed by atoms with Crippen molar-refractivity contribution >= 4 is 33.3 Å². The second-order valence-corrected chi connectivity index (χ2v) is 8.00. The number of hydrogen-bond acceptors (Lipinski definition) is 5. The molecule has 0 radical (unpaired) electrons. The minimum Gasteiger partial charge on any atom is -0.462 e. The van der Waals surface area contributed by atoms with Crippen LogP contribution in [0.15, 0.2) is 77.7 Å². The number of ether oxygens (including phenoxy) is 2. The van der Waals surface area contributed by atoms with Crippen LogP contribution in [-0.2, 0) is 14.8 Å². The number of benzene rings is 3. The molecule has 0 saturated heterocycles. The van der Waals surface area contributed by atoms with E-state index < -0.39 is 16.0 Å². The molecule has 0 heterocycles. The molecule has 0 amide bonds. The van der Waals surface area contributed by atoms with E-state index in [2.05, 4.69) is 4.72 Å². The molecule has 0 saturated carbocycles. The fourth-order valence-electron chi connectivity index (χ4n) is 2.48. The predicted molar refractivity (Wildman–Crippen MR) is 111 cm³/mol. The lowest BCUT2D eigenvalue weighted by molar-refractivity contribution is 0.0526. The lowest BCUT2D eigenvalue weighted by Crippen LogP contribution is -2.13. The highest BCUT2D eigenvalue weighted by molar-refractivity contribution is 7.92. The van der Waals surface area contributed by atoms with Crippen molar-refractivity contribution in [3.8, 4) is 11.5 Å². The molecule has 3 aromatic rings. The van der Waals surface area contributed by atoms with Gasteiger partial charge in [-0.2, -0.15) is 0 Å². The highest BCUT2D eigenvalue weighted by atomic mass is 35.5. The summed E-state index contributed by atoms with van der Waals surface area (Å²) in [6.45, 7) is 1.93. The largest absolute Gasteiger partial charge is 0.462 e. The topological polar surface area (TPSA) is 81.7 Å². The van der Waals surface area contributed by atoms with E-state index in [1.54, 1.807) is 49.4 Å². The third-order valence-corrected chi connectivity index (χ3v) is 5.53. The average molecular weight is 432 g/mol. The van der Waals surface area contributed by atoms with Crippen molar-refractivity contribution in [3.63, 3.8) is 0 Å². The van der Waals surface area contributed by atoms with Gasteiger partial charge in [0.25, 0.3) is 10.0 Å². The van der Waals surface area contributed by atoms with Crippen molar-refractivity contribution in [2.24, 2.45) is 0 Å². The lowest BCUT2D eigenvalue weighted by atomic mass is 10.2. The number of anilines is 1. The van der Waals surface area contributed by atoms with Crippen LogP contribution in [0.5, 0.6) is 11.5 Å². The number of para-hydroxylation sites is 1. The molecule has 0 unspecified atom stereocenters. The molecule has 3 rings (SSSR count). The van der Waals surface area contributed by atoms with E-state index in [1.807, 2.05) is 0 Å². The molecule has 0 fully saturated rings. The maximum absolute atomic E-state index is 12.6. The maximum Gasteiger partial charge on any atom is 0.338 e. The van der Waals surface area contributed by atoms with Crippen LogP contribution in [0.2, 0.25) is 5.02 Å². The van der Waals surface area contributed by atoms with Crippen molar-refractivity contribution in [1.29, 1.82) is 0 Å². The summed E-state index contributed by atoms with van der Waals surface area (Å²) < 4.78 is 38.3. The molecule has 150 valence electrons. The first-order valence-electron chi connectivity index (χ1n) is 8.71. The van der Waals surface area contributed by atoms with Crippen molar-refractivity contribution in [1.82, 2.24) is 0 Å². The van der Waals surface area contributed by atoms with Gasteiger partial charge in [-0.05, 0) is 61.5 Å². The van der Waals surface area contributed by atoms with Gasteiger partial charge in [0.1, 0.15) is 11.5 Å². The van der Waals surface area contributed by atoms with Gasteiger partial charge in [0.15, 0.2) is 0 Å². The van der Waals surface area contributed by atoms with E-state index in [0.29, 0.717) is 16.5 Å². The number of esters is 1. The Morgan fingerprint density at radius 2 is 1.72 bits per heavy atom. The number of hydrogen-bond donors (Lipinski definition) is 1. The van der Waals surface area contributed by atoms with Crippen LogP contribution in [0.25, 0.3) is 0 Å². The Hall–Kier alpha value is -3.03. The zero-order chi connectivity index (χ0) is 20.9. The quantitative estimate of drug-likeness (QED) is 0.525. The molecule has 0 aliphatic carbocycles. The summed E-state index contributed by atoms with van der Waals surface area (Å²) in [6, 6.07) is 19.0. The Balaban J connectivity index is 1.75. The van der Waals surface area contributed by atoms with Crippen LogP contribution in [0.1, 0.15) is 17.3 Å². The first kappa shape index (κ1) is 20.7. The maximum atomic E-state index is 12.6.